The lowest BCUT2D eigenvalue weighted by atomic mass is 10.2. The van der Waals surface area contributed by atoms with Crippen molar-refractivity contribution in [1.29, 1.82) is 0 Å². The topological polar surface area (TPSA) is 69.6 Å². The van der Waals surface area contributed by atoms with Gasteiger partial charge in [0.1, 0.15) is 12.0 Å². The molecule has 3 rings (SSSR count). The molecule has 0 spiro atoms. The van der Waals surface area contributed by atoms with E-state index in [9.17, 15) is 0 Å². The second kappa shape index (κ2) is 4.16. The van der Waals surface area contributed by atoms with Crippen LogP contribution < -0.4 is 5.73 Å². The SMILES string of the molecule is Nc1ccc(-c2nncn2C2CCCC2)nc1. The molecule has 0 atom stereocenters. The van der Waals surface area contributed by atoms with Gasteiger partial charge in [0.15, 0.2) is 5.82 Å². The van der Waals surface area contributed by atoms with Crippen LogP contribution in [0.1, 0.15) is 31.7 Å². The first kappa shape index (κ1) is 10.3. The highest BCUT2D eigenvalue weighted by Gasteiger charge is 2.20. The quantitative estimate of drug-likeness (QED) is 0.855. The molecule has 2 heterocycles. The molecule has 2 aromatic rings. The standard InChI is InChI=1S/C12H15N5/c13-9-5-6-11(14-7-9)12-16-15-8-17(12)10-3-1-2-4-10/h5-8,10H,1-4,13H2. The summed E-state index contributed by atoms with van der Waals surface area (Å²) in [5, 5.41) is 8.18. The predicted octanol–water partition coefficient (Wildman–Crippen LogP) is 2.04. The number of pyridine rings is 1. The molecule has 1 saturated carbocycles. The number of anilines is 1. The minimum absolute atomic E-state index is 0.527. The number of hydrogen-bond donors (Lipinski definition) is 1. The smallest absolute Gasteiger partial charge is 0.182 e. The van der Waals surface area contributed by atoms with Crippen molar-refractivity contribution in [3.05, 3.63) is 24.7 Å². The van der Waals surface area contributed by atoms with E-state index in [-0.39, 0.29) is 0 Å². The normalized spacial score (nSPS) is 16.5. The van der Waals surface area contributed by atoms with Crippen LogP contribution in [0.3, 0.4) is 0 Å². The van der Waals surface area contributed by atoms with Crippen LogP contribution >= 0.6 is 0 Å². The van der Waals surface area contributed by atoms with Crippen LogP contribution in [-0.4, -0.2) is 19.7 Å². The summed E-state index contributed by atoms with van der Waals surface area (Å²) in [7, 11) is 0. The number of nitrogens with two attached hydrogens (primary N) is 1. The van der Waals surface area contributed by atoms with E-state index in [1.165, 1.54) is 25.7 Å². The highest BCUT2D eigenvalue weighted by Crippen LogP contribution is 2.31. The summed E-state index contributed by atoms with van der Waals surface area (Å²) in [6, 6.07) is 4.26. The molecule has 5 heteroatoms. The number of aromatic nitrogens is 4. The molecule has 2 N–H and O–H groups in total. The fourth-order valence-electron chi connectivity index (χ4n) is 2.41. The monoisotopic (exact) mass is 229 g/mol. The highest BCUT2D eigenvalue weighted by molar-refractivity contribution is 5.52. The highest BCUT2D eigenvalue weighted by atomic mass is 15.3. The Bertz CT molecular complexity index is 496. The van der Waals surface area contributed by atoms with Gasteiger partial charge in [-0.3, -0.25) is 4.98 Å². The molecule has 1 aliphatic carbocycles. The molecule has 2 aromatic heterocycles. The zero-order chi connectivity index (χ0) is 11.7. The van der Waals surface area contributed by atoms with Crippen LogP contribution in [0.25, 0.3) is 11.5 Å². The summed E-state index contributed by atoms with van der Waals surface area (Å²) in [4.78, 5) is 4.30. The first-order valence-electron chi connectivity index (χ1n) is 5.96. The number of nitrogens with zero attached hydrogens (tertiary/aromatic N) is 4. The molecule has 17 heavy (non-hydrogen) atoms. The van der Waals surface area contributed by atoms with Crippen molar-refractivity contribution in [2.45, 2.75) is 31.7 Å². The Hall–Kier alpha value is -1.91. The molecular formula is C12H15N5. The average molecular weight is 229 g/mol. The van der Waals surface area contributed by atoms with E-state index in [1.54, 1.807) is 6.20 Å². The van der Waals surface area contributed by atoms with E-state index in [1.807, 2.05) is 18.5 Å². The number of rotatable bonds is 2. The maximum atomic E-state index is 5.63. The van der Waals surface area contributed by atoms with Crippen LogP contribution in [0.4, 0.5) is 5.69 Å². The first-order valence-corrected chi connectivity index (χ1v) is 5.96. The number of nitrogen functional groups attached to an aromatic ring is 1. The van der Waals surface area contributed by atoms with E-state index >= 15 is 0 Å². The lowest BCUT2D eigenvalue weighted by Gasteiger charge is -2.12. The predicted molar refractivity (Wildman–Crippen MR) is 65.2 cm³/mol. The van der Waals surface area contributed by atoms with Crippen molar-refractivity contribution in [1.82, 2.24) is 19.7 Å². The fourth-order valence-corrected chi connectivity index (χ4v) is 2.41. The molecule has 0 aliphatic heterocycles. The summed E-state index contributed by atoms with van der Waals surface area (Å²) in [6.07, 6.45) is 8.46. The molecule has 0 bridgehead atoms. The van der Waals surface area contributed by atoms with Crippen molar-refractivity contribution in [3.63, 3.8) is 0 Å². The van der Waals surface area contributed by atoms with Crippen molar-refractivity contribution in [3.8, 4) is 11.5 Å². The van der Waals surface area contributed by atoms with Gasteiger partial charge in [0, 0.05) is 6.04 Å². The van der Waals surface area contributed by atoms with Gasteiger partial charge >= 0.3 is 0 Å². The second-order valence-electron chi connectivity index (χ2n) is 4.48. The van der Waals surface area contributed by atoms with Gasteiger partial charge in [-0.2, -0.15) is 0 Å². The van der Waals surface area contributed by atoms with Gasteiger partial charge in [-0.1, -0.05) is 12.8 Å². The van der Waals surface area contributed by atoms with Crippen LogP contribution in [0.2, 0.25) is 0 Å². The van der Waals surface area contributed by atoms with Crippen LogP contribution in [0.5, 0.6) is 0 Å². The van der Waals surface area contributed by atoms with Gasteiger partial charge in [-0.05, 0) is 25.0 Å². The van der Waals surface area contributed by atoms with E-state index in [0.29, 0.717) is 11.7 Å². The second-order valence-corrected chi connectivity index (χ2v) is 4.48. The number of hydrogen-bond acceptors (Lipinski definition) is 4. The van der Waals surface area contributed by atoms with E-state index in [2.05, 4.69) is 19.7 Å². The summed E-state index contributed by atoms with van der Waals surface area (Å²) in [5.74, 6) is 0.844. The summed E-state index contributed by atoms with van der Waals surface area (Å²) >= 11 is 0. The van der Waals surface area contributed by atoms with Crippen molar-refractivity contribution in [2.24, 2.45) is 0 Å². The molecular weight excluding hydrogens is 214 g/mol. The van der Waals surface area contributed by atoms with Crippen molar-refractivity contribution in [2.75, 3.05) is 5.73 Å². The van der Waals surface area contributed by atoms with Gasteiger partial charge in [0.25, 0.3) is 0 Å². The molecule has 0 saturated heterocycles. The largest absolute Gasteiger partial charge is 0.397 e. The van der Waals surface area contributed by atoms with Crippen LogP contribution in [0, 0.1) is 0 Å². The Morgan fingerprint density at radius 2 is 2.06 bits per heavy atom. The minimum atomic E-state index is 0.527. The Morgan fingerprint density at radius 1 is 1.24 bits per heavy atom. The van der Waals surface area contributed by atoms with Crippen molar-refractivity contribution >= 4 is 5.69 Å². The molecule has 5 nitrogen and oxygen atoms in total. The lowest BCUT2D eigenvalue weighted by Crippen LogP contribution is -2.06. The minimum Gasteiger partial charge on any atom is -0.397 e. The zero-order valence-corrected chi connectivity index (χ0v) is 9.58. The van der Waals surface area contributed by atoms with E-state index in [4.69, 9.17) is 5.73 Å². The molecule has 0 aromatic carbocycles. The maximum absolute atomic E-state index is 5.63. The fraction of sp³-hybridized carbons (Fsp3) is 0.417. The third-order valence-electron chi connectivity index (χ3n) is 3.31. The Morgan fingerprint density at radius 3 is 2.76 bits per heavy atom. The Kier molecular flexibility index (Phi) is 2.51. The summed E-state index contributed by atoms with van der Waals surface area (Å²) < 4.78 is 2.14. The maximum Gasteiger partial charge on any atom is 0.182 e. The van der Waals surface area contributed by atoms with E-state index < -0.39 is 0 Å². The van der Waals surface area contributed by atoms with Gasteiger partial charge in [-0.15, -0.1) is 10.2 Å². The average Bonchev–Trinajstić information content (AvgIpc) is 3.00. The summed E-state index contributed by atoms with van der Waals surface area (Å²) in [6.45, 7) is 0. The van der Waals surface area contributed by atoms with Crippen molar-refractivity contribution < 1.29 is 0 Å². The van der Waals surface area contributed by atoms with Gasteiger partial charge in [0.2, 0.25) is 0 Å². The summed E-state index contributed by atoms with van der Waals surface area (Å²) in [5.41, 5.74) is 7.14. The molecule has 0 unspecified atom stereocenters. The third-order valence-corrected chi connectivity index (χ3v) is 3.31. The molecule has 88 valence electrons. The Balaban J connectivity index is 1.97. The van der Waals surface area contributed by atoms with E-state index in [0.717, 1.165) is 11.5 Å². The Labute approximate surface area is 99.7 Å². The van der Waals surface area contributed by atoms with Gasteiger partial charge in [0.05, 0.1) is 11.9 Å². The molecule has 1 fully saturated rings. The molecule has 0 amide bonds. The van der Waals surface area contributed by atoms with Gasteiger partial charge < -0.3 is 10.3 Å². The zero-order valence-electron chi connectivity index (χ0n) is 9.58. The molecule has 1 aliphatic rings. The first-order chi connectivity index (χ1) is 8.34. The van der Waals surface area contributed by atoms with Crippen LogP contribution in [-0.2, 0) is 0 Å². The lowest BCUT2D eigenvalue weighted by molar-refractivity contribution is 0.521. The van der Waals surface area contributed by atoms with Crippen LogP contribution in [0.15, 0.2) is 24.7 Å². The molecule has 0 radical (unpaired) electrons. The van der Waals surface area contributed by atoms with Gasteiger partial charge in [-0.25, -0.2) is 0 Å². The third kappa shape index (κ3) is 1.88.